The molecule has 6 heteroatoms. The van der Waals surface area contributed by atoms with E-state index in [4.69, 9.17) is 11.6 Å². The number of nitrogens with one attached hydrogen (secondary N) is 3. The highest BCUT2D eigenvalue weighted by Crippen LogP contribution is 2.28. The summed E-state index contributed by atoms with van der Waals surface area (Å²) in [5.74, 6) is -0.508. The van der Waals surface area contributed by atoms with Crippen LogP contribution in [-0.4, -0.2) is 11.9 Å². The van der Waals surface area contributed by atoms with Crippen LogP contribution in [0.1, 0.15) is 18.0 Å². The first-order valence-corrected chi connectivity index (χ1v) is 7.33. The van der Waals surface area contributed by atoms with Gasteiger partial charge in [-0.3, -0.25) is 4.79 Å². The molecular weight excluding hydrogens is 305 g/mol. The molecule has 0 bridgehead atoms. The van der Waals surface area contributed by atoms with E-state index in [9.17, 15) is 9.18 Å². The Morgan fingerprint density at radius 1 is 1.14 bits per heavy atom. The molecule has 0 aliphatic carbocycles. The van der Waals surface area contributed by atoms with Gasteiger partial charge in [0.05, 0.1) is 0 Å². The molecule has 1 aliphatic heterocycles. The molecule has 2 atom stereocenters. The molecule has 22 heavy (non-hydrogen) atoms. The van der Waals surface area contributed by atoms with E-state index in [-0.39, 0.29) is 23.8 Å². The largest absolute Gasteiger partial charge is 0.325 e. The van der Waals surface area contributed by atoms with Crippen LogP contribution in [0.25, 0.3) is 0 Å². The summed E-state index contributed by atoms with van der Waals surface area (Å²) < 4.78 is 12.9. The van der Waals surface area contributed by atoms with Gasteiger partial charge in [0.1, 0.15) is 11.9 Å². The molecule has 0 aromatic heterocycles. The maximum absolute atomic E-state index is 12.9. The van der Waals surface area contributed by atoms with E-state index in [0.717, 1.165) is 5.56 Å². The van der Waals surface area contributed by atoms with Crippen molar-refractivity contribution < 1.29 is 9.18 Å². The molecule has 3 N–H and O–H groups in total. The van der Waals surface area contributed by atoms with Crippen LogP contribution >= 0.6 is 11.6 Å². The SMILES string of the molecule is O=C(Nc1ccc(F)cc1)C1CC(c2ccccc2Cl)NN1. The summed E-state index contributed by atoms with van der Waals surface area (Å²) in [5.41, 5.74) is 7.57. The van der Waals surface area contributed by atoms with Gasteiger partial charge in [-0.25, -0.2) is 15.2 Å². The van der Waals surface area contributed by atoms with E-state index in [2.05, 4.69) is 16.2 Å². The van der Waals surface area contributed by atoms with Gasteiger partial charge in [-0.1, -0.05) is 29.8 Å². The predicted molar refractivity (Wildman–Crippen MR) is 83.9 cm³/mol. The Morgan fingerprint density at radius 3 is 2.59 bits per heavy atom. The van der Waals surface area contributed by atoms with Crippen LogP contribution in [0.5, 0.6) is 0 Å². The van der Waals surface area contributed by atoms with Gasteiger partial charge < -0.3 is 5.32 Å². The van der Waals surface area contributed by atoms with E-state index >= 15 is 0 Å². The van der Waals surface area contributed by atoms with Crippen molar-refractivity contribution in [2.24, 2.45) is 0 Å². The smallest absolute Gasteiger partial charge is 0.242 e. The van der Waals surface area contributed by atoms with Gasteiger partial charge in [0.2, 0.25) is 5.91 Å². The number of hydrogen-bond donors (Lipinski definition) is 3. The number of halogens is 2. The fraction of sp³-hybridized carbons (Fsp3) is 0.188. The number of hydrogen-bond acceptors (Lipinski definition) is 3. The highest BCUT2D eigenvalue weighted by atomic mass is 35.5. The number of anilines is 1. The molecular formula is C16H15ClFN3O. The van der Waals surface area contributed by atoms with Gasteiger partial charge >= 0.3 is 0 Å². The number of carbonyl (C=O) groups is 1. The second-order valence-corrected chi connectivity index (χ2v) is 5.55. The van der Waals surface area contributed by atoms with E-state index in [1.54, 1.807) is 0 Å². The first-order chi connectivity index (χ1) is 10.6. The van der Waals surface area contributed by atoms with E-state index in [1.807, 2.05) is 24.3 Å². The standard InChI is InChI=1S/C16H15ClFN3O/c17-13-4-2-1-3-12(13)14-9-15(21-20-14)16(22)19-11-7-5-10(18)6-8-11/h1-8,14-15,20-21H,9H2,(H,19,22). The second-order valence-electron chi connectivity index (χ2n) is 5.15. The van der Waals surface area contributed by atoms with E-state index in [0.29, 0.717) is 17.1 Å². The van der Waals surface area contributed by atoms with Crippen LogP contribution in [0, 0.1) is 5.82 Å². The Labute approximate surface area is 132 Å². The molecule has 2 aromatic rings. The average molecular weight is 320 g/mol. The van der Waals surface area contributed by atoms with Crippen molar-refractivity contribution in [1.29, 1.82) is 0 Å². The van der Waals surface area contributed by atoms with Crippen LogP contribution in [0.3, 0.4) is 0 Å². The maximum atomic E-state index is 12.9. The Bertz CT molecular complexity index is 677. The average Bonchev–Trinajstić information content (AvgIpc) is 3.00. The van der Waals surface area contributed by atoms with Crippen molar-refractivity contribution in [2.45, 2.75) is 18.5 Å². The van der Waals surface area contributed by atoms with Gasteiger partial charge in [0.15, 0.2) is 0 Å². The van der Waals surface area contributed by atoms with Crippen molar-refractivity contribution >= 4 is 23.2 Å². The molecule has 4 nitrogen and oxygen atoms in total. The van der Waals surface area contributed by atoms with E-state index < -0.39 is 0 Å². The summed E-state index contributed by atoms with van der Waals surface area (Å²) in [7, 11) is 0. The molecule has 114 valence electrons. The van der Waals surface area contributed by atoms with Crippen LogP contribution in [-0.2, 0) is 4.79 Å². The minimum atomic E-state index is -0.383. The van der Waals surface area contributed by atoms with Crippen molar-refractivity contribution in [2.75, 3.05) is 5.32 Å². The first-order valence-electron chi connectivity index (χ1n) is 6.95. The summed E-state index contributed by atoms with van der Waals surface area (Å²) in [6.45, 7) is 0. The summed E-state index contributed by atoms with van der Waals surface area (Å²) >= 11 is 6.17. The lowest BCUT2D eigenvalue weighted by atomic mass is 10.0. The molecule has 2 unspecified atom stereocenters. The fourth-order valence-electron chi connectivity index (χ4n) is 2.45. The van der Waals surface area contributed by atoms with Gasteiger partial charge in [0.25, 0.3) is 0 Å². The lowest BCUT2D eigenvalue weighted by Crippen LogP contribution is -2.39. The number of rotatable bonds is 3. The Balaban J connectivity index is 1.64. The van der Waals surface area contributed by atoms with Crippen LogP contribution < -0.4 is 16.2 Å². The van der Waals surface area contributed by atoms with E-state index in [1.165, 1.54) is 24.3 Å². The van der Waals surface area contributed by atoms with Gasteiger partial charge in [-0.15, -0.1) is 0 Å². The highest BCUT2D eigenvalue weighted by Gasteiger charge is 2.31. The molecule has 0 radical (unpaired) electrons. The van der Waals surface area contributed by atoms with Crippen molar-refractivity contribution in [3.05, 3.63) is 64.9 Å². The van der Waals surface area contributed by atoms with Gasteiger partial charge in [-0.05, 0) is 42.3 Å². The third-order valence-corrected chi connectivity index (χ3v) is 3.96. The summed E-state index contributed by atoms with van der Waals surface area (Å²) in [5, 5.41) is 3.42. The third kappa shape index (κ3) is 3.27. The molecule has 3 rings (SSSR count). The quantitative estimate of drug-likeness (QED) is 0.815. The zero-order chi connectivity index (χ0) is 15.5. The lowest BCUT2D eigenvalue weighted by molar-refractivity contribution is -0.117. The number of carbonyl (C=O) groups excluding carboxylic acids is 1. The molecule has 1 fully saturated rings. The normalized spacial score (nSPS) is 20.8. The second kappa shape index (κ2) is 6.44. The number of amides is 1. The molecule has 1 saturated heterocycles. The zero-order valence-corrected chi connectivity index (χ0v) is 12.4. The van der Waals surface area contributed by atoms with Crippen molar-refractivity contribution in [3.8, 4) is 0 Å². The molecule has 1 aliphatic rings. The third-order valence-electron chi connectivity index (χ3n) is 3.61. The first kappa shape index (κ1) is 15.0. The molecule has 0 saturated carbocycles. The minimum Gasteiger partial charge on any atom is -0.325 e. The number of hydrazine groups is 1. The molecule has 1 heterocycles. The van der Waals surface area contributed by atoms with Crippen LogP contribution in [0.15, 0.2) is 48.5 Å². The summed E-state index contributed by atoms with van der Waals surface area (Å²) in [6.07, 6.45) is 0.580. The minimum absolute atomic E-state index is 0.0299. The Kier molecular flexibility index (Phi) is 4.38. The topological polar surface area (TPSA) is 53.2 Å². The predicted octanol–water partition coefficient (Wildman–Crippen LogP) is 3.03. The molecule has 2 aromatic carbocycles. The monoisotopic (exact) mass is 319 g/mol. The zero-order valence-electron chi connectivity index (χ0n) is 11.6. The number of benzene rings is 2. The fourth-order valence-corrected chi connectivity index (χ4v) is 2.72. The van der Waals surface area contributed by atoms with Crippen molar-refractivity contribution in [1.82, 2.24) is 10.9 Å². The Morgan fingerprint density at radius 2 is 1.86 bits per heavy atom. The molecule has 1 amide bonds. The maximum Gasteiger partial charge on any atom is 0.242 e. The lowest BCUT2D eigenvalue weighted by Gasteiger charge is -2.11. The van der Waals surface area contributed by atoms with Gasteiger partial charge in [0, 0.05) is 16.8 Å². The summed E-state index contributed by atoms with van der Waals surface area (Å²) in [6, 6.07) is 12.8. The molecule has 0 spiro atoms. The van der Waals surface area contributed by atoms with Crippen LogP contribution in [0.2, 0.25) is 5.02 Å². The van der Waals surface area contributed by atoms with Crippen LogP contribution in [0.4, 0.5) is 10.1 Å². The van der Waals surface area contributed by atoms with Crippen molar-refractivity contribution in [3.63, 3.8) is 0 Å². The summed E-state index contributed by atoms with van der Waals surface area (Å²) in [4.78, 5) is 12.2. The highest BCUT2D eigenvalue weighted by molar-refractivity contribution is 6.31. The van der Waals surface area contributed by atoms with Gasteiger partial charge in [-0.2, -0.15) is 0 Å². The Hall–Kier alpha value is -1.95.